The number of hydrogen-bond acceptors (Lipinski definition) is 2. The second kappa shape index (κ2) is 5.75. The molecule has 3 nitrogen and oxygen atoms in total. The summed E-state index contributed by atoms with van der Waals surface area (Å²) in [5.41, 5.74) is 0. The first kappa shape index (κ1) is 11.1. The van der Waals surface area contributed by atoms with E-state index in [9.17, 15) is 4.79 Å². The first-order chi connectivity index (χ1) is 5.02. The summed E-state index contributed by atoms with van der Waals surface area (Å²) in [4.78, 5) is 9.25. The smallest absolute Gasteiger partial charge is 0.450 e. The highest BCUT2D eigenvalue weighted by molar-refractivity contribution is 6.44. The van der Waals surface area contributed by atoms with Gasteiger partial charge in [-0.15, -0.1) is 34.8 Å². The Morgan fingerprint density at radius 1 is 1.45 bits per heavy atom. The summed E-state index contributed by atoms with van der Waals surface area (Å²) in [5, 5.41) is 7.58. The molecule has 0 saturated heterocycles. The fourth-order valence-corrected chi connectivity index (χ4v) is 1.28. The molecule has 0 aromatic rings. The van der Waals surface area contributed by atoms with Crippen LogP contribution in [0.25, 0.3) is 0 Å². The average molecular weight is 221 g/mol. The molecule has 0 aliphatic carbocycles. The summed E-state index contributed by atoms with van der Waals surface area (Å²) in [5.74, 6) is 0. The minimum atomic E-state index is -1.35. The van der Waals surface area contributed by atoms with Gasteiger partial charge in [-0.3, -0.25) is 0 Å². The molecule has 0 bridgehead atoms. The van der Waals surface area contributed by atoms with Gasteiger partial charge < -0.3 is 9.84 Å². The maximum atomic E-state index is 9.84. The quantitative estimate of drug-likeness (QED) is 0.586. The highest BCUT2D eigenvalue weighted by atomic mass is 35.5. The van der Waals surface area contributed by atoms with Crippen LogP contribution in [0.2, 0.25) is 0 Å². The molecule has 0 aromatic carbocycles. The van der Waals surface area contributed by atoms with Crippen LogP contribution in [-0.2, 0) is 4.74 Å². The number of rotatable bonds is 4. The van der Waals surface area contributed by atoms with Crippen molar-refractivity contribution < 1.29 is 14.6 Å². The molecular weight excluding hydrogens is 214 g/mol. The van der Waals surface area contributed by atoms with Gasteiger partial charge in [0.2, 0.25) is 0 Å². The highest BCUT2D eigenvalue weighted by Crippen LogP contribution is 2.14. The van der Waals surface area contributed by atoms with Crippen LogP contribution in [-0.4, -0.2) is 28.1 Å². The lowest BCUT2D eigenvalue weighted by Crippen LogP contribution is -2.14. The number of carboxylic acid groups (broad SMARTS) is 1. The van der Waals surface area contributed by atoms with Crippen molar-refractivity contribution in [3.05, 3.63) is 0 Å². The second-order valence-corrected chi connectivity index (χ2v) is 3.70. The molecule has 66 valence electrons. The molecule has 0 saturated carbocycles. The van der Waals surface area contributed by atoms with E-state index in [1.165, 1.54) is 0 Å². The van der Waals surface area contributed by atoms with E-state index in [0.717, 1.165) is 0 Å². The maximum absolute atomic E-state index is 9.84. The third-order valence-corrected chi connectivity index (χ3v) is 1.48. The summed E-state index contributed by atoms with van der Waals surface area (Å²) >= 11 is 16.3. The Balaban J connectivity index is 3.37. The molecule has 0 spiro atoms. The lowest BCUT2D eigenvalue weighted by Gasteiger charge is -2.07. The lowest BCUT2D eigenvalue weighted by atomic mass is 10.3. The molecule has 0 rings (SSSR count). The molecule has 0 radical (unpaired) electrons. The Kier molecular flexibility index (Phi) is 5.82. The van der Waals surface area contributed by atoms with Gasteiger partial charge in [-0.25, -0.2) is 4.79 Å². The third-order valence-electron chi connectivity index (χ3n) is 0.822. The summed E-state index contributed by atoms with van der Waals surface area (Å²) in [6.07, 6.45) is -1.05. The Morgan fingerprint density at radius 2 is 2.00 bits per heavy atom. The monoisotopic (exact) mass is 220 g/mol. The van der Waals surface area contributed by atoms with Gasteiger partial charge in [-0.1, -0.05) is 0 Å². The van der Waals surface area contributed by atoms with Crippen LogP contribution in [0.3, 0.4) is 0 Å². The second-order valence-electron chi connectivity index (χ2n) is 1.80. The third kappa shape index (κ3) is 8.04. The van der Waals surface area contributed by atoms with E-state index in [-0.39, 0.29) is 6.61 Å². The SMILES string of the molecule is O=C(O)OCC(Cl)CC(Cl)Cl. The molecule has 0 heterocycles. The fourth-order valence-electron chi connectivity index (χ4n) is 0.423. The Labute approximate surface area is 79.2 Å². The zero-order valence-corrected chi connectivity index (χ0v) is 7.73. The zero-order valence-electron chi connectivity index (χ0n) is 5.47. The summed E-state index contributed by atoms with van der Waals surface area (Å²) in [6.45, 7) is -0.0904. The van der Waals surface area contributed by atoms with Gasteiger partial charge in [-0.05, 0) is 6.42 Å². The Morgan fingerprint density at radius 3 is 2.36 bits per heavy atom. The van der Waals surface area contributed by atoms with Gasteiger partial charge in [0.05, 0.1) is 5.38 Å². The molecule has 1 N–H and O–H groups in total. The van der Waals surface area contributed by atoms with Gasteiger partial charge in [-0.2, -0.15) is 0 Å². The van der Waals surface area contributed by atoms with Crippen LogP contribution in [0.4, 0.5) is 4.79 Å². The van der Waals surface area contributed by atoms with Crippen molar-refractivity contribution in [3.63, 3.8) is 0 Å². The molecule has 6 heteroatoms. The molecule has 1 atom stereocenters. The van der Waals surface area contributed by atoms with Crippen LogP contribution in [0.15, 0.2) is 0 Å². The van der Waals surface area contributed by atoms with Crippen LogP contribution < -0.4 is 0 Å². The number of hydrogen-bond donors (Lipinski definition) is 1. The predicted molar refractivity (Wildman–Crippen MR) is 43.7 cm³/mol. The minimum absolute atomic E-state index is 0.0904. The topological polar surface area (TPSA) is 46.5 Å². The van der Waals surface area contributed by atoms with Crippen molar-refractivity contribution in [2.24, 2.45) is 0 Å². The van der Waals surface area contributed by atoms with Crippen molar-refractivity contribution in [2.45, 2.75) is 16.6 Å². The van der Waals surface area contributed by atoms with Gasteiger partial charge >= 0.3 is 6.16 Å². The number of alkyl halides is 3. The van der Waals surface area contributed by atoms with Crippen LogP contribution in [0, 0.1) is 0 Å². The molecular formula is C5H7Cl3O3. The van der Waals surface area contributed by atoms with E-state index in [4.69, 9.17) is 39.9 Å². The van der Waals surface area contributed by atoms with E-state index in [0.29, 0.717) is 6.42 Å². The minimum Gasteiger partial charge on any atom is -0.450 e. The molecule has 1 unspecified atom stereocenters. The van der Waals surface area contributed by atoms with Gasteiger partial charge in [0.15, 0.2) is 0 Å². The predicted octanol–water partition coefficient (Wildman–Crippen LogP) is 2.48. The number of halogens is 3. The summed E-state index contributed by atoms with van der Waals surface area (Å²) in [6, 6.07) is 0. The Bertz CT molecular complexity index is 128. The van der Waals surface area contributed by atoms with E-state index < -0.39 is 16.4 Å². The van der Waals surface area contributed by atoms with E-state index in [1.807, 2.05) is 0 Å². The average Bonchev–Trinajstić information content (AvgIpc) is 1.82. The van der Waals surface area contributed by atoms with Gasteiger partial charge in [0.25, 0.3) is 0 Å². The van der Waals surface area contributed by atoms with Crippen molar-refractivity contribution in [2.75, 3.05) is 6.61 Å². The highest BCUT2D eigenvalue weighted by Gasteiger charge is 2.11. The Hall–Kier alpha value is 0.140. The maximum Gasteiger partial charge on any atom is 0.505 e. The van der Waals surface area contributed by atoms with Crippen molar-refractivity contribution in [3.8, 4) is 0 Å². The molecule has 0 amide bonds. The largest absolute Gasteiger partial charge is 0.505 e. The van der Waals surface area contributed by atoms with E-state index in [1.54, 1.807) is 0 Å². The normalized spacial score (nSPS) is 13.1. The first-order valence-corrected chi connectivity index (χ1v) is 4.11. The number of carbonyl (C=O) groups is 1. The lowest BCUT2D eigenvalue weighted by molar-refractivity contribution is 0.0912. The zero-order chi connectivity index (χ0) is 8.85. The van der Waals surface area contributed by atoms with Crippen LogP contribution >= 0.6 is 34.8 Å². The molecule has 0 aliphatic rings. The molecule has 0 aliphatic heterocycles. The standard InChI is InChI=1S/C5H7Cl3O3/c6-3(1-4(7)8)2-11-5(9)10/h3-4H,1-2H2,(H,9,10). The summed E-state index contributed by atoms with van der Waals surface area (Å²) in [7, 11) is 0. The van der Waals surface area contributed by atoms with Crippen LogP contribution in [0.1, 0.15) is 6.42 Å². The fraction of sp³-hybridized carbons (Fsp3) is 0.800. The molecule has 0 aromatic heterocycles. The van der Waals surface area contributed by atoms with Gasteiger partial charge in [0, 0.05) is 0 Å². The van der Waals surface area contributed by atoms with Gasteiger partial charge in [0.1, 0.15) is 11.4 Å². The summed E-state index contributed by atoms with van der Waals surface area (Å²) < 4.78 is 4.17. The van der Waals surface area contributed by atoms with Crippen molar-refractivity contribution in [1.82, 2.24) is 0 Å². The number of ether oxygens (including phenoxy) is 1. The van der Waals surface area contributed by atoms with Crippen LogP contribution in [0.5, 0.6) is 0 Å². The molecule has 11 heavy (non-hydrogen) atoms. The van der Waals surface area contributed by atoms with Crippen molar-refractivity contribution in [1.29, 1.82) is 0 Å². The van der Waals surface area contributed by atoms with E-state index in [2.05, 4.69) is 4.74 Å². The molecule has 0 fully saturated rings. The first-order valence-electron chi connectivity index (χ1n) is 2.80. The van der Waals surface area contributed by atoms with Crippen molar-refractivity contribution >= 4 is 41.0 Å². The van der Waals surface area contributed by atoms with E-state index >= 15 is 0 Å².